The fraction of sp³-hybridized carbons (Fsp3) is 0.478. The monoisotopic (exact) mass is 384 g/mol. The Morgan fingerprint density at radius 3 is 2.63 bits per heavy atom. The zero-order valence-electron chi connectivity index (χ0n) is 15.8. The smallest absolute Gasteiger partial charge is 0.119 e. The van der Waals surface area contributed by atoms with Crippen LogP contribution in [0.1, 0.15) is 48.8 Å². The maximum atomic E-state index is 6.18. The molecule has 27 heavy (non-hydrogen) atoms. The van der Waals surface area contributed by atoms with Crippen molar-refractivity contribution in [2.45, 2.75) is 63.8 Å². The van der Waals surface area contributed by atoms with E-state index in [0.29, 0.717) is 6.10 Å². The summed E-state index contributed by atoms with van der Waals surface area (Å²) in [6.07, 6.45) is 9.04. The summed E-state index contributed by atoms with van der Waals surface area (Å²) in [7, 11) is 0. The van der Waals surface area contributed by atoms with Crippen LogP contribution in [0.25, 0.3) is 0 Å². The Hall–Kier alpha value is -1.55. The lowest BCUT2D eigenvalue weighted by molar-refractivity contribution is 0.155. The van der Waals surface area contributed by atoms with Crippen molar-refractivity contribution in [3.05, 3.63) is 64.2 Å². The molecule has 0 radical (unpaired) electrons. The molecule has 1 unspecified atom stereocenters. The molecular formula is C23H29ClN2O. The highest BCUT2D eigenvalue weighted by Crippen LogP contribution is 2.24. The molecule has 2 aromatic carbocycles. The number of fused-ring (bicyclic) bond motifs is 1. The summed E-state index contributed by atoms with van der Waals surface area (Å²) in [5.41, 5.74) is 4.03. The lowest BCUT2D eigenvalue weighted by Gasteiger charge is -2.23. The quantitative estimate of drug-likeness (QED) is 0.772. The van der Waals surface area contributed by atoms with E-state index in [4.69, 9.17) is 16.3 Å². The molecule has 0 aromatic heterocycles. The third-order valence-corrected chi connectivity index (χ3v) is 5.94. The molecule has 0 bridgehead atoms. The standard InChI is InChI=1S/C23H29ClN2O/c24-20-9-8-18-12-13-25-23(15-19(18)14-20)26-16-17-6-10-22(11-7-17)27-21-4-2-1-3-5-21/h6-11,14,21,23,25-26H,1-5,12-13,15-16H2. The van der Waals surface area contributed by atoms with E-state index < -0.39 is 0 Å². The van der Waals surface area contributed by atoms with Gasteiger partial charge in [-0.15, -0.1) is 0 Å². The first-order chi connectivity index (χ1) is 13.3. The van der Waals surface area contributed by atoms with Crippen molar-refractivity contribution in [1.82, 2.24) is 10.6 Å². The highest BCUT2D eigenvalue weighted by molar-refractivity contribution is 6.30. The van der Waals surface area contributed by atoms with E-state index in [9.17, 15) is 0 Å². The van der Waals surface area contributed by atoms with Gasteiger partial charge in [0, 0.05) is 24.5 Å². The molecule has 2 N–H and O–H groups in total. The summed E-state index contributed by atoms with van der Waals surface area (Å²) in [5, 5.41) is 8.07. The average Bonchev–Trinajstić information content (AvgIpc) is 2.89. The fourth-order valence-corrected chi connectivity index (χ4v) is 4.34. The minimum atomic E-state index is 0.267. The Labute approximate surface area is 167 Å². The van der Waals surface area contributed by atoms with E-state index in [2.05, 4.69) is 47.0 Å². The molecule has 2 aromatic rings. The highest BCUT2D eigenvalue weighted by atomic mass is 35.5. The van der Waals surface area contributed by atoms with Crippen molar-refractivity contribution in [1.29, 1.82) is 0 Å². The number of hydrogen-bond acceptors (Lipinski definition) is 3. The molecule has 4 heteroatoms. The molecule has 1 atom stereocenters. The summed E-state index contributed by atoms with van der Waals surface area (Å²) in [4.78, 5) is 0. The Morgan fingerprint density at radius 2 is 1.81 bits per heavy atom. The van der Waals surface area contributed by atoms with Gasteiger partial charge in [0.2, 0.25) is 0 Å². The second kappa shape index (κ2) is 9.09. The first kappa shape index (κ1) is 18.8. The highest BCUT2D eigenvalue weighted by Gasteiger charge is 2.17. The van der Waals surface area contributed by atoms with Crippen LogP contribution in [0.15, 0.2) is 42.5 Å². The van der Waals surface area contributed by atoms with Crippen LogP contribution in [0.2, 0.25) is 5.02 Å². The Balaban J connectivity index is 1.30. The third-order valence-electron chi connectivity index (χ3n) is 5.71. The zero-order chi connectivity index (χ0) is 18.5. The summed E-state index contributed by atoms with van der Waals surface area (Å²) in [5.74, 6) is 1.00. The number of hydrogen-bond donors (Lipinski definition) is 2. The minimum absolute atomic E-state index is 0.267. The first-order valence-corrected chi connectivity index (χ1v) is 10.6. The maximum absolute atomic E-state index is 6.18. The molecule has 0 spiro atoms. The van der Waals surface area contributed by atoms with Crippen molar-refractivity contribution in [2.24, 2.45) is 0 Å². The summed E-state index contributed by atoms with van der Waals surface area (Å²) < 4.78 is 6.13. The number of nitrogens with one attached hydrogen (secondary N) is 2. The molecule has 2 aliphatic rings. The van der Waals surface area contributed by atoms with Gasteiger partial charge in [-0.1, -0.05) is 36.2 Å². The lowest BCUT2D eigenvalue weighted by atomic mass is 9.98. The summed E-state index contributed by atoms with van der Waals surface area (Å²) >= 11 is 6.18. The van der Waals surface area contributed by atoms with Crippen LogP contribution in [0.3, 0.4) is 0 Å². The van der Waals surface area contributed by atoms with Crippen LogP contribution >= 0.6 is 11.6 Å². The van der Waals surface area contributed by atoms with Gasteiger partial charge in [0.05, 0.1) is 12.3 Å². The first-order valence-electron chi connectivity index (χ1n) is 10.3. The number of halogens is 1. The summed E-state index contributed by atoms with van der Waals surface area (Å²) in [6, 6.07) is 14.8. The third kappa shape index (κ3) is 5.25. The molecule has 1 aliphatic carbocycles. The Morgan fingerprint density at radius 1 is 1.00 bits per heavy atom. The fourth-order valence-electron chi connectivity index (χ4n) is 4.15. The predicted molar refractivity (Wildman–Crippen MR) is 111 cm³/mol. The van der Waals surface area contributed by atoms with Crippen LogP contribution in [-0.2, 0) is 19.4 Å². The zero-order valence-corrected chi connectivity index (χ0v) is 16.6. The van der Waals surface area contributed by atoms with Gasteiger partial charge in [-0.25, -0.2) is 0 Å². The molecule has 1 saturated carbocycles. The number of benzene rings is 2. The van der Waals surface area contributed by atoms with Gasteiger partial charge < -0.3 is 10.1 Å². The largest absolute Gasteiger partial charge is 0.490 e. The van der Waals surface area contributed by atoms with Gasteiger partial charge in [-0.05, 0) is 73.1 Å². The number of ether oxygens (including phenoxy) is 1. The number of rotatable bonds is 5. The van der Waals surface area contributed by atoms with Gasteiger partial charge in [0.15, 0.2) is 0 Å². The molecule has 1 fully saturated rings. The normalized spacial score (nSPS) is 20.7. The summed E-state index contributed by atoms with van der Waals surface area (Å²) in [6.45, 7) is 1.83. The second-order valence-corrected chi connectivity index (χ2v) is 8.21. The van der Waals surface area contributed by atoms with Crippen molar-refractivity contribution in [3.63, 3.8) is 0 Å². The van der Waals surface area contributed by atoms with Crippen LogP contribution in [0.5, 0.6) is 5.75 Å². The van der Waals surface area contributed by atoms with Crippen LogP contribution in [0.4, 0.5) is 0 Å². The SMILES string of the molecule is Clc1ccc2c(c1)CC(NCc1ccc(OC3CCCCC3)cc1)NCC2. The van der Waals surface area contributed by atoms with E-state index in [1.165, 1.54) is 48.8 Å². The Kier molecular flexibility index (Phi) is 6.33. The molecule has 0 amide bonds. The van der Waals surface area contributed by atoms with Gasteiger partial charge in [0.25, 0.3) is 0 Å². The maximum Gasteiger partial charge on any atom is 0.119 e. The van der Waals surface area contributed by atoms with Crippen molar-refractivity contribution in [2.75, 3.05) is 6.54 Å². The molecule has 0 saturated heterocycles. The van der Waals surface area contributed by atoms with E-state index in [-0.39, 0.29) is 6.17 Å². The minimum Gasteiger partial charge on any atom is -0.490 e. The van der Waals surface area contributed by atoms with E-state index in [1.807, 2.05) is 6.07 Å². The molecule has 3 nitrogen and oxygen atoms in total. The van der Waals surface area contributed by atoms with Gasteiger partial charge in [-0.2, -0.15) is 0 Å². The van der Waals surface area contributed by atoms with Crippen molar-refractivity contribution < 1.29 is 4.74 Å². The Bertz CT molecular complexity index is 741. The molecule has 144 valence electrons. The van der Waals surface area contributed by atoms with E-state index in [1.54, 1.807) is 0 Å². The van der Waals surface area contributed by atoms with Gasteiger partial charge in [0.1, 0.15) is 5.75 Å². The molecule has 1 heterocycles. The molecular weight excluding hydrogens is 356 g/mol. The van der Waals surface area contributed by atoms with Crippen LogP contribution in [-0.4, -0.2) is 18.8 Å². The second-order valence-electron chi connectivity index (χ2n) is 7.78. The topological polar surface area (TPSA) is 33.3 Å². The van der Waals surface area contributed by atoms with Gasteiger partial charge in [-0.3, -0.25) is 5.32 Å². The van der Waals surface area contributed by atoms with Crippen molar-refractivity contribution in [3.8, 4) is 5.75 Å². The average molecular weight is 385 g/mol. The lowest BCUT2D eigenvalue weighted by Crippen LogP contribution is -2.43. The predicted octanol–water partition coefficient (Wildman–Crippen LogP) is 4.86. The molecule has 1 aliphatic heterocycles. The molecule has 4 rings (SSSR count). The van der Waals surface area contributed by atoms with E-state index in [0.717, 1.165) is 36.7 Å². The van der Waals surface area contributed by atoms with E-state index >= 15 is 0 Å². The van der Waals surface area contributed by atoms with Crippen LogP contribution in [0, 0.1) is 0 Å². The van der Waals surface area contributed by atoms with Crippen LogP contribution < -0.4 is 15.4 Å². The van der Waals surface area contributed by atoms with Gasteiger partial charge >= 0.3 is 0 Å². The van der Waals surface area contributed by atoms with Crippen molar-refractivity contribution >= 4 is 11.6 Å².